The maximum absolute atomic E-state index is 15.0. The summed E-state index contributed by atoms with van der Waals surface area (Å²) < 4.78 is 26.5. The molecule has 3 unspecified atom stereocenters. The molecule has 304 valence electrons. The van der Waals surface area contributed by atoms with Gasteiger partial charge in [-0.15, -0.1) is 0 Å². The summed E-state index contributed by atoms with van der Waals surface area (Å²) in [5, 5.41) is 25.9. The Bertz CT molecular complexity index is 2220. The van der Waals surface area contributed by atoms with E-state index in [9.17, 15) is 24.6 Å². The van der Waals surface area contributed by atoms with Gasteiger partial charge in [-0.05, 0) is 111 Å². The van der Waals surface area contributed by atoms with E-state index in [-0.39, 0.29) is 17.8 Å². The number of carbonyl (C=O) groups excluding carboxylic acids is 3. The zero-order valence-corrected chi connectivity index (χ0v) is 33.9. The lowest BCUT2D eigenvalue weighted by molar-refractivity contribution is -0.228. The first-order valence-corrected chi connectivity index (χ1v) is 20.7. The number of hydrogen-bond donors (Lipinski definition) is 3. The third-order valence-electron chi connectivity index (χ3n) is 15.4. The highest BCUT2D eigenvalue weighted by molar-refractivity contribution is 5.93. The molecule has 1 spiro atoms. The number of nitrogens with zero attached hydrogens (tertiary/aromatic N) is 3. The quantitative estimate of drug-likeness (QED) is 0.183. The Hall–Kier alpha value is -4.10. The Morgan fingerprint density at radius 1 is 1.07 bits per heavy atom. The third-order valence-corrected chi connectivity index (χ3v) is 15.4. The predicted octanol–water partition coefficient (Wildman–Crippen LogP) is 4.80. The minimum atomic E-state index is -2.43. The molecule has 10 atom stereocenters. The number of piperidine rings is 1. The number of anilines is 1. The van der Waals surface area contributed by atoms with Gasteiger partial charge in [-0.1, -0.05) is 32.1 Å². The van der Waals surface area contributed by atoms with Gasteiger partial charge >= 0.3 is 11.9 Å². The van der Waals surface area contributed by atoms with Crippen LogP contribution in [0.2, 0.25) is 0 Å². The molecule has 1 aliphatic carbocycles. The highest BCUT2D eigenvalue weighted by Crippen LogP contribution is 2.68. The van der Waals surface area contributed by atoms with Gasteiger partial charge in [0.2, 0.25) is 12.0 Å². The Morgan fingerprint density at radius 3 is 2.56 bits per heavy atom. The molecule has 2 saturated heterocycles. The van der Waals surface area contributed by atoms with E-state index in [1.54, 1.807) is 6.07 Å². The van der Waals surface area contributed by atoms with Crippen molar-refractivity contribution in [3.05, 3.63) is 76.2 Å². The molecule has 5 aliphatic heterocycles. The van der Waals surface area contributed by atoms with E-state index >= 15 is 4.39 Å². The molecule has 3 aromatic rings. The number of H-pyrrole nitrogens is 1. The number of aliphatic hydroxyl groups is 2. The first-order valence-electron chi connectivity index (χ1n) is 20.7. The van der Waals surface area contributed by atoms with Gasteiger partial charge in [-0.2, -0.15) is 0 Å². The number of carbonyl (C=O) groups is 3. The molecule has 3 N–H and O–H groups in total. The Labute approximate surface area is 333 Å². The van der Waals surface area contributed by atoms with Crippen LogP contribution in [0.3, 0.4) is 0 Å². The molecule has 1 aromatic heterocycles. The number of methoxy groups -OCH3 is 1. The van der Waals surface area contributed by atoms with Crippen molar-refractivity contribution in [2.75, 3.05) is 44.7 Å². The summed E-state index contributed by atoms with van der Waals surface area (Å²) in [4.78, 5) is 50.8. The molecule has 0 radical (unpaired) electrons. The van der Waals surface area contributed by atoms with Crippen molar-refractivity contribution in [1.82, 2.24) is 14.8 Å². The second-order valence-electron chi connectivity index (χ2n) is 18.3. The number of rotatable bonds is 6. The average molecular weight is 783 g/mol. The van der Waals surface area contributed by atoms with Crippen LogP contribution in [0.1, 0.15) is 87.7 Å². The fourth-order valence-electron chi connectivity index (χ4n) is 13.4. The van der Waals surface area contributed by atoms with E-state index in [1.807, 2.05) is 45.1 Å². The minimum absolute atomic E-state index is 0.134. The van der Waals surface area contributed by atoms with Crippen LogP contribution in [0.5, 0.6) is 0 Å². The smallest absolute Gasteiger partial charge is 0.344 e. The van der Waals surface area contributed by atoms with Crippen molar-refractivity contribution in [2.45, 2.75) is 113 Å². The monoisotopic (exact) mass is 782 g/mol. The highest BCUT2D eigenvalue weighted by atomic mass is 19.1. The number of halogens is 1. The Balaban J connectivity index is 1.32. The summed E-state index contributed by atoms with van der Waals surface area (Å²) >= 11 is 0. The van der Waals surface area contributed by atoms with Gasteiger partial charge in [0.05, 0.1) is 18.8 Å². The molecular weight excluding hydrogens is 728 g/mol. The molecule has 2 aromatic carbocycles. The summed E-state index contributed by atoms with van der Waals surface area (Å²) in [6, 6.07) is 7.69. The maximum Gasteiger partial charge on any atom is 0.344 e. The first-order chi connectivity index (χ1) is 27.1. The molecule has 2 bridgehead atoms. The number of benzene rings is 2. The molecule has 12 heteroatoms. The SMILES string of the molecule is CC[C@]1(O)C[C@@H]2CN(CCc3c([nH]c4ccc(F)cc34)[C@@](C)(c3cc4c(cc3C)N(C=O)C3C(O)(C(=O)OC)[C@H](OC(C)=O)[C@]5(CC)C=CCN6CC[C@]43[C@@H]65)C2)C1. The number of aromatic amines is 1. The van der Waals surface area contributed by atoms with Crippen LogP contribution >= 0.6 is 0 Å². The molecule has 6 aliphatic rings. The van der Waals surface area contributed by atoms with Gasteiger partial charge < -0.3 is 29.6 Å². The zero-order chi connectivity index (χ0) is 40.4. The zero-order valence-electron chi connectivity index (χ0n) is 33.9. The molecule has 11 nitrogen and oxygen atoms in total. The van der Waals surface area contributed by atoms with Crippen molar-refractivity contribution in [3.8, 4) is 0 Å². The maximum atomic E-state index is 15.0. The Morgan fingerprint density at radius 2 is 1.86 bits per heavy atom. The number of fused-ring (bicyclic) bond motifs is 6. The lowest BCUT2D eigenvalue weighted by Gasteiger charge is -2.63. The lowest BCUT2D eigenvalue weighted by atomic mass is 9.47. The highest BCUT2D eigenvalue weighted by Gasteiger charge is 2.80. The molecule has 1 saturated carbocycles. The molecule has 3 fully saturated rings. The van der Waals surface area contributed by atoms with Crippen molar-refractivity contribution in [1.29, 1.82) is 0 Å². The summed E-state index contributed by atoms with van der Waals surface area (Å²) in [7, 11) is 1.21. The number of nitrogens with one attached hydrogen (secondary N) is 1. The van der Waals surface area contributed by atoms with Crippen LogP contribution in [-0.4, -0.2) is 113 Å². The summed E-state index contributed by atoms with van der Waals surface area (Å²) in [6.45, 7) is 13.0. The molecule has 1 amide bonds. The minimum Gasteiger partial charge on any atom is -0.467 e. The van der Waals surface area contributed by atoms with Crippen LogP contribution < -0.4 is 4.90 Å². The normalized spacial score (nSPS) is 38.0. The van der Waals surface area contributed by atoms with Crippen LogP contribution in [0, 0.1) is 24.1 Å². The van der Waals surface area contributed by atoms with Crippen LogP contribution in [0.25, 0.3) is 10.9 Å². The van der Waals surface area contributed by atoms with Crippen LogP contribution in [-0.2, 0) is 41.1 Å². The van der Waals surface area contributed by atoms with E-state index in [1.165, 1.54) is 25.0 Å². The number of hydrogen-bond acceptors (Lipinski definition) is 9. The fourth-order valence-corrected chi connectivity index (χ4v) is 13.4. The number of aryl methyl sites for hydroxylation is 1. The van der Waals surface area contributed by atoms with Crippen molar-refractivity contribution >= 4 is 34.9 Å². The number of amides is 1. The van der Waals surface area contributed by atoms with Crippen molar-refractivity contribution in [2.24, 2.45) is 11.3 Å². The van der Waals surface area contributed by atoms with Gasteiger partial charge in [0.1, 0.15) is 5.82 Å². The lowest BCUT2D eigenvalue weighted by Crippen LogP contribution is -2.81. The standard InChI is InChI=1S/C45H55FN4O7/c1-7-42(54)22-28-21-41(5,36-30(12-16-48(23-28)24-42)31-19-29(46)10-11-34(31)47-36)32-20-33-35(18-26(32)3)50(25-51)38-44(33)14-17-49-15-9-13-43(8-2,37(44)49)39(57-27(4)52)45(38,55)40(53)56-6/h9-11,13,18-20,25,28,37-39,47,54-55H,7-8,12,14-17,21-24H2,1-6H3/t28-,37+,38?,39-,41-,42+,43-,44-,45?/m1/s1. The Kier molecular flexibility index (Phi) is 8.73. The summed E-state index contributed by atoms with van der Waals surface area (Å²) in [6.07, 6.45) is 7.05. The largest absolute Gasteiger partial charge is 0.467 e. The average Bonchev–Trinajstić information content (AvgIpc) is 3.85. The summed E-state index contributed by atoms with van der Waals surface area (Å²) in [5.74, 6) is -1.76. The van der Waals surface area contributed by atoms with Gasteiger partial charge in [-0.25, -0.2) is 9.18 Å². The third kappa shape index (κ3) is 5.05. The number of aromatic nitrogens is 1. The number of esters is 2. The van der Waals surface area contributed by atoms with Crippen LogP contribution in [0.15, 0.2) is 42.5 Å². The van der Waals surface area contributed by atoms with Crippen molar-refractivity contribution in [3.63, 3.8) is 0 Å². The fraction of sp³-hybridized carbons (Fsp3) is 0.578. The molecule has 9 rings (SSSR count). The second-order valence-corrected chi connectivity index (χ2v) is 18.3. The molecular formula is C45H55FN4O7. The van der Waals surface area contributed by atoms with Gasteiger partial charge in [0.25, 0.3) is 0 Å². The van der Waals surface area contributed by atoms with E-state index in [0.717, 1.165) is 51.9 Å². The van der Waals surface area contributed by atoms with E-state index in [0.29, 0.717) is 70.3 Å². The van der Waals surface area contributed by atoms with E-state index in [2.05, 4.69) is 27.8 Å². The predicted molar refractivity (Wildman–Crippen MR) is 212 cm³/mol. The van der Waals surface area contributed by atoms with Gasteiger partial charge in [0, 0.05) is 77.7 Å². The van der Waals surface area contributed by atoms with E-state index in [4.69, 9.17) is 9.47 Å². The van der Waals surface area contributed by atoms with E-state index < -0.39 is 51.5 Å². The van der Waals surface area contributed by atoms with Crippen molar-refractivity contribution < 1.29 is 38.5 Å². The second kappa shape index (κ2) is 12.9. The van der Waals surface area contributed by atoms with Gasteiger partial charge in [0.15, 0.2) is 6.10 Å². The van der Waals surface area contributed by atoms with Crippen LogP contribution in [0.4, 0.5) is 10.1 Å². The van der Waals surface area contributed by atoms with Gasteiger partial charge in [-0.3, -0.25) is 19.4 Å². The topological polar surface area (TPSA) is 136 Å². The summed E-state index contributed by atoms with van der Waals surface area (Å²) in [5.41, 5.74) is 0.466. The molecule has 6 heterocycles. The number of ether oxygens (including phenoxy) is 2. The molecule has 57 heavy (non-hydrogen) atoms. The first kappa shape index (κ1) is 38.4.